The third kappa shape index (κ3) is 6.93. The van der Waals surface area contributed by atoms with Gasteiger partial charge in [-0.25, -0.2) is 0 Å². The molecule has 0 bridgehead atoms. The number of rotatable bonds is 12. The van der Waals surface area contributed by atoms with Crippen molar-refractivity contribution in [2.24, 2.45) is 11.8 Å². The number of fused-ring (bicyclic) bond motifs is 2. The van der Waals surface area contributed by atoms with Crippen molar-refractivity contribution in [3.05, 3.63) is 178 Å². The molecule has 0 saturated carbocycles. The summed E-state index contributed by atoms with van der Waals surface area (Å²) in [5, 5.41) is 0. The molecule has 0 aromatic heterocycles. The van der Waals surface area contributed by atoms with Crippen LogP contribution in [0.15, 0.2) is 145 Å². The Labute approximate surface area is 332 Å². The molecule has 0 aliphatic heterocycles. The molecule has 55 heavy (non-hydrogen) atoms. The quantitative estimate of drug-likeness (QED) is 0.110. The first-order valence-electron chi connectivity index (χ1n) is 20.6. The standard InChI is InChI=1S/C54H54Si/c1-7-37-27-29-43-49(53(37)45-25-17-15-23-41(45)39-19-11-9-12-20-39)31-47(35(3)4)51(43)33-55-34-52-44-30-28-38(8-2)54(50(44)32-48(52)36(5)6)46-26-18-16-24-42(46)40-21-13-10-14-22-40/h9-32,35-36,51-52H,7-8,33-34H2,1-6H3. The summed E-state index contributed by atoms with van der Waals surface area (Å²) >= 11 is 0. The zero-order valence-electron chi connectivity index (χ0n) is 33.5. The van der Waals surface area contributed by atoms with E-state index in [0.29, 0.717) is 23.7 Å². The molecule has 0 spiro atoms. The maximum absolute atomic E-state index is 2.60. The highest BCUT2D eigenvalue weighted by Crippen LogP contribution is 2.51. The smallest absolute Gasteiger partial charge is 0.0397 e. The van der Waals surface area contributed by atoms with Crippen LogP contribution in [-0.4, -0.2) is 9.52 Å². The number of hydrogen-bond acceptors (Lipinski definition) is 0. The summed E-state index contributed by atoms with van der Waals surface area (Å²) in [7, 11) is 0.872. The minimum Gasteiger partial charge on any atom is -0.0622 e. The van der Waals surface area contributed by atoms with Gasteiger partial charge in [0.1, 0.15) is 0 Å². The van der Waals surface area contributed by atoms with Crippen LogP contribution in [0.2, 0.25) is 12.1 Å². The molecular formula is C54H54Si. The van der Waals surface area contributed by atoms with Gasteiger partial charge in [-0.15, -0.1) is 0 Å². The van der Waals surface area contributed by atoms with Crippen LogP contribution in [0.3, 0.4) is 0 Å². The Balaban J connectivity index is 1.14. The van der Waals surface area contributed by atoms with Crippen molar-refractivity contribution in [3.8, 4) is 44.5 Å². The molecule has 0 heterocycles. The molecule has 2 unspecified atom stereocenters. The van der Waals surface area contributed by atoms with Crippen LogP contribution in [0.5, 0.6) is 0 Å². The number of allylic oxidation sites excluding steroid dienone is 2. The van der Waals surface area contributed by atoms with Gasteiger partial charge in [0, 0.05) is 21.4 Å². The van der Waals surface area contributed by atoms with Crippen molar-refractivity contribution in [1.82, 2.24) is 0 Å². The Hall–Kier alpha value is -4.98. The molecular weight excluding hydrogens is 677 g/mol. The van der Waals surface area contributed by atoms with E-state index in [1.165, 1.54) is 90.0 Å². The minimum absolute atomic E-state index is 0.463. The van der Waals surface area contributed by atoms with Crippen LogP contribution in [0, 0.1) is 11.8 Å². The van der Waals surface area contributed by atoms with Gasteiger partial charge in [0.15, 0.2) is 0 Å². The van der Waals surface area contributed by atoms with Crippen molar-refractivity contribution >= 4 is 21.7 Å². The predicted octanol–water partition coefficient (Wildman–Crippen LogP) is 15.0. The van der Waals surface area contributed by atoms with E-state index in [0.717, 1.165) is 22.4 Å². The summed E-state index contributed by atoms with van der Waals surface area (Å²) in [6.07, 6.45) is 7.23. The molecule has 0 amide bonds. The van der Waals surface area contributed by atoms with E-state index in [2.05, 4.69) is 187 Å². The average Bonchev–Trinajstić information content (AvgIpc) is 3.79. The number of benzene rings is 6. The molecule has 2 atom stereocenters. The third-order valence-corrected chi connectivity index (χ3v) is 13.7. The number of aryl methyl sites for hydroxylation is 2. The normalized spacial score (nSPS) is 16.0. The average molecular weight is 731 g/mol. The van der Waals surface area contributed by atoms with Gasteiger partial charge in [-0.3, -0.25) is 0 Å². The fraction of sp³-hybridized carbons (Fsp3) is 0.259. The maximum Gasteiger partial charge on any atom is 0.0397 e. The van der Waals surface area contributed by atoms with Crippen LogP contribution < -0.4 is 0 Å². The van der Waals surface area contributed by atoms with Crippen molar-refractivity contribution in [1.29, 1.82) is 0 Å². The van der Waals surface area contributed by atoms with Crippen molar-refractivity contribution in [2.45, 2.75) is 78.3 Å². The van der Waals surface area contributed by atoms with Crippen LogP contribution >= 0.6 is 0 Å². The Morgan fingerprint density at radius 2 is 0.800 bits per heavy atom. The van der Waals surface area contributed by atoms with E-state index in [1.807, 2.05) is 0 Å². The van der Waals surface area contributed by atoms with E-state index in [1.54, 1.807) is 11.1 Å². The topological polar surface area (TPSA) is 0 Å². The zero-order valence-corrected chi connectivity index (χ0v) is 34.5. The molecule has 2 aliphatic carbocycles. The second-order valence-corrected chi connectivity index (χ2v) is 17.4. The van der Waals surface area contributed by atoms with Gasteiger partial charge in [-0.2, -0.15) is 0 Å². The van der Waals surface area contributed by atoms with E-state index >= 15 is 0 Å². The molecule has 6 aromatic carbocycles. The first-order valence-corrected chi connectivity index (χ1v) is 22.1. The lowest BCUT2D eigenvalue weighted by Crippen LogP contribution is -2.11. The highest BCUT2D eigenvalue weighted by molar-refractivity contribution is 6.36. The Bertz CT molecular complexity index is 2200. The maximum atomic E-state index is 2.60. The van der Waals surface area contributed by atoms with Crippen LogP contribution in [0.25, 0.3) is 56.7 Å². The molecule has 0 nitrogen and oxygen atoms in total. The highest BCUT2D eigenvalue weighted by atomic mass is 28.2. The van der Waals surface area contributed by atoms with E-state index in [-0.39, 0.29) is 0 Å². The van der Waals surface area contributed by atoms with Crippen LogP contribution in [0.4, 0.5) is 0 Å². The Kier molecular flexibility index (Phi) is 10.8. The first kappa shape index (κ1) is 37.0. The van der Waals surface area contributed by atoms with Gasteiger partial charge >= 0.3 is 0 Å². The number of hydrogen-bond donors (Lipinski definition) is 0. The molecule has 0 saturated heterocycles. The summed E-state index contributed by atoms with van der Waals surface area (Å²) in [5.41, 5.74) is 22.9. The Morgan fingerprint density at radius 1 is 0.436 bits per heavy atom. The molecule has 0 fully saturated rings. The molecule has 6 aromatic rings. The van der Waals surface area contributed by atoms with Crippen molar-refractivity contribution in [3.63, 3.8) is 0 Å². The Morgan fingerprint density at radius 3 is 1.16 bits per heavy atom. The van der Waals surface area contributed by atoms with Crippen LogP contribution in [0.1, 0.15) is 86.8 Å². The lowest BCUT2D eigenvalue weighted by molar-refractivity contribution is 0.686. The second kappa shape index (κ2) is 16.0. The monoisotopic (exact) mass is 730 g/mol. The summed E-state index contributed by atoms with van der Waals surface area (Å²) in [6, 6.07) is 52.3. The lowest BCUT2D eigenvalue weighted by atomic mass is 9.85. The van der Waals surface area contributed by atoms with Gasteiger partial charge < -0.3 is 0 Å². The lowest BCUT2D eigenvalue weighted by Gasteiger charge is -2.24. The van der Waals surface area contributed by atoms with Crippen LogP contribution in [-0.2, 0) is 12.8 Å². The van der Waals surface area contributed by atoms with Gasteiger partial charge in [-0.1, -0.05) is 210 Å². The first-order chi connectivity index (χ1) is 26.9. The minimum atomic E-state index is 0.463. The molecule has 1 heteroatoms. The summed E-state index contributed by atoms with van der Waals surface area (Å²) in [5.74, 6) is 1.93. The molecule has 2 radical (unpaired) electrons. The van der Waals surface area contributed by atoms with Gasteiger partial charge in [-0.05, 0) is 103 Å². The summed E-state index contributed by atoms with van der Waals surface area (Å²) < 4.78 is 0. The molecule has 8 rings (SSSR count). The van der Waals surface area contributed by atoms with Crippen molar-refractivity contribution in [2.75, 3.05) is 0 Å². The SMILES string of the molecule is CCc1ccc2c(c1-c1ccccc1-c1ccccc1)C=C(C(C)C)C2C[Si]CC1C(C(C)C)=Cc2c1ccc(CC)c2-c1ccccc1-c1ccccc1. The van der Waals surface area contributed by atoms with Gasteiger partial charge in [0.25, 0.3) is 0 Å². The summed E-state index contributed by atoms with van der Waals surface area (Å²) in [6.45, 7) is 14.2. The summed E-state index contributed by atoms with van der Waals surface area (Å²) in [4.78, 5) is 0. The van der Waals surface area contributed by atoms with E-state index in [9.17, 15) is 0 Å². The molecule has 274 valence electrons. The van der Waals surface area contributed by atoms with Crippen molar-refractivity contribution < 1.29 is 0 Å². The second-order valence-electron chi connectivity index (χ2n) is 16.1. The van der Waals surface area contributed by atoms with E-state index < -0.39 is 0 Å². The predicted molar refractivity (Wildman–Crippen MR) is 240 cm³/mol. The molecule has 2 aliphatic rings. The fourth-order valence-corrected chi connectivity index (χ4v) is 11.2. The van der Waals surface area contributed by atoms with Gasteiger partial charge in [0.05, 0.1) is 0 Å². The van der Waals surface area contributed by atoms with Gasteiger partial charge in [0.2, 0.25) is 0 Å². The zero-order chi connectivity index (χ0) is 38.1. The van der Waals surface area contributed by atoms with E-state index in [4.69, 9.17) is 0 Å². The third-order valence-electron chi connectivity index (χ3n) is 12.3. The molecule has 0 N–H and O–H groups in total. The largest absolute Gasteiger partial charge is 0.0622 e. The fourth-order valence-electron chi connectivity index (χ4n) is 9.51. The highest BCUT2D eigenvalue weighted by Gasteiger charge is 2.33.